The standard InChI is InChI=1S/C12H13BrFNO/c1-12(2,3)9-4-10(14)8(6-16)11(13)7(9)5-15/h4,16H,6H2,1-3H3. The first kappa shape index (κ1) is 13.1. The molecule has 1 rings (SSSR count). The number of hydrogen-bond acceptors (Lipinski definition) is 2. The Bertz CT molecular complexity index is 458. The summed E-state index contributed by atoms with van der Waals surface area (Å²) in [6.45, 7) is 5.31. The van der Waals surface area contributed by atoms with Crippen LogP contribution in [0.2, 0.25) is 0 Å². The van der Waals surface area contributed by atoms with Crippen LogP contribution >= 0.6 is 15.9 Å². The van der Waals surface area contributed by atoms with Gasteiger partial charge in [-0.2, -0.15) is 5.26 Å². The maximum atomic E-state index is 13.7. The molecule has 0 fully saturated rings. The van der Waals surface area contributed by atoms with Crippen LogP contribution in [0, 0.1) is 17.1 Å². The van der Waals surface area contributed by atoms with Gasteiger partial charge in [-0.15, -0.1) is 0 Å². The van der Waals surface area contributed by atoms with Gasteiger partial charge in [0.15, 0.2) is 0 Å². The van der Waals surface area contributed by atoms with Gasteiger partial charge in [0, 0.05) is 10.0 Å². The first-order chi connectivity index (χ1) is 7.32. The van der Waals surface area contributed by atoms with Gasteiger partial charge in [0.05, 0.1) is 12.2 Å². The molecule has 1 N–H and O–H groups in total. The highest BCUT2D eigenvalue weighted by Gasteiger charge is 2.23. The number of nitrogens with zero attached hydrogens (tertiary/aromatic N) is 1. The number of rotatable bonds is 1. The summed E-state index contributed by atoms with van der Waals surface area (Å²) in [5, 5.41) is 18.1. The second-order valence-electron chi connectivity index (χ2n) is 4.59. The lowest BCUT2D eigenvalue weighted by molar-refractivity contribution is 0.274. The van der Waals surface area contributed by atoms with Crippen LogP contribution in [0.15, 0.2) is 10.5 Å². The fourth-order valence-electron chi connectivity index (χ4n) is 1.51. The smallest absolute Gasteiger partial charge is 0.130 e. The minimum Gasteiger partial charge on any atom is -0.392 e. The second-order valence-corrected chi connectivity index (χ2v) is 5.39. The third-order valence-electron chi connectivity index (χ3n) is 2.39. The summed E-state index contributed by atoms with van der Waals surface area (Å²) in [4.78, 5) is 0. The molecule has 0 aliphatic carbocycles. The molecule has 0 atom stereocenters. The zero-order valence-electron chi connectivity index (χ0n) is 9.43. The number of hydrogen-bond donors (Lipinski definition) is 1. The summed E-state index contributed by atoms with van der Waals surface area (Å²) in [5.74, 6) is -0.488. The molecule has 0 aliphatic rings. The van der Waals surface area contributed by atoms with E-state index in [4.69, 9.17) is 10.4 Å². The van der Waals surface area contributed by atoms with Crippen molar-refractivity contribution in [1.82, 2.24) is 0 Å². The summed E-state index contributed by atoms with van der Waals surface area (Å²) in [6, 6.07) is 3.38. The molecule has 0 radical (unpaired) electrons. The third-order valence-corrected chi connectivity index (χ3v) is 3.27. The van der Waals surface area contributed by atoms with Crippen molar-refractivity contribution in [3.8, 4) is 6.07 Å². The first-order valence-corrected chi connectivity index (χ1v) is 5.64. The molecule has 0 saturated carbocycles. The van der Waals surface area contributed by atoms with Crippen molar-refractivity contribution < 1.29 is 9.50 Å². The largest absolute Gasteiger partial charge is 0.392 e. The van der Waals surface area contributed by atoms with Gasteiger partial charge in [-0.25, -0.2) is 4.39 Å². The van der Waals surface area contributed by atoms with E-state index in [0.29, 0.717) is 15.6 Å². The summed E-state index contributed by atoms with van der Waals surface area (Å²) < 4.78 is 14.0. The van der Waals surface area contributed by atoms with Crippen molar-refractivity contribution in [2.75, 3.05) is 0 Å². The lowest BCUT2D eigenvalue weighted by atomic mass is 9.83. The molecule has 0 heterocycles. The molecule has 2 nitrogen and oxygen atoms in total. The minimum atomic E-state index is -0.488. The zero-order valence-corrected chi connectivity index (χ0v) is 11.0. The van der Waals surface area contributed by atoms with Gasteiger partial charge in [-0.1, -0.05) is 20.8 Å². The van der Waals surface area contributed by atoms with Gasteiger partial charge in [0.2, 0.25) is 0 Å². The fraction of sp³-hybridized carbons (Fsp3) is 0.417. The average Bonchev–Trinajstić information content (AvgIpc) is 2.16. The number of benzene rings is 1. The summed E-state index contributed by atoms with van der Waals surface area (Å²) >= 11 is 3.17. The van der Waals surface area contributed by atoms with E-state index in [0.717, 1.165) is 0 Å². The van der Waals surface area contributed by atoms with Gasteiger partial charge >= 0.3 is 0 Å². The average molecular weight is 286 g/mol. The van der Waals surface area contributed by atoms with Crippen molar-refractivity contribution in [1.29, 1.82) is 5.26 Å². The van der Waals surface area contributed by atoms with Crippen LogP contribution in [-0.2, 0) is 12.0 Å². The Morgan fingerprint density at radius 3 is 2.44 bits per heavy atom. The van der Waals surface area contributed by atoms with Crippen LogP contribution in [0.25, 0.3) is 0 Å². The van der Waals surface area contributed by atoms with E-state index in [-0.39, 0.29) is 11.0 Å². The molecule has 0 unspecified atom stereocenters. The van der Waals surface area contributed by atoms with Gasteiger partial charge in [-0.05, 0) is 33.0 Å². The SMILES string of the molecule is CC(C)(C)c1cc(F)c(CO)c(Br)c1C#N. The van der Waals surface area contributed by atoms with Gasteiger partial charge in [0.1, 0.15) is 11.9 Å². The monoisotopic (exact) mass is 285 g/mol. The number of aliphatic hydroxyl groups excluding tert-OH is 1. The second kappa shape index (κ2) is 4.52. The van der Waals surface area contributed by atoms with Crippen LogP contribution in [0.1, 0.15) is 37.5 Å². The minimum absolute atomic E-state index is 0.129. The molecule has 16 heavy (non-hydrogen) atoms. The third kappa shape index (κ3) is 2.26. The molecule has 0 amide bonds. The fourth-order valence-corrected chi connectivity index (χ4v) is 2.12. The lowest BCUT2D eigenvalue weighted by Crippen LogP contribution is -2.15. The molecule has 0 aliphatic heterocycles. The van der Waals surface area contributed by atoms with E-state index in [9.17, 15) is 4.39 Å². The highest BCUT2D eigenvalue weighted by Crippen LogP contribution is 2.34. The molecule has 1 aromatic rings. The predicted molar refractivity (Wildman–Crippen MR) is 63.4 cm³/mol. The zero-order chi connectivity index (χ0) is 12.5. The molecule has 0 spiro atoms. The van der Waals surface area contributed by atoms with Crippen LogP contribution in [0.4, 0.5) is 4.39 Å². The van der Waals surface area contributed by atoms with E-state index >= 15 is 0 Å². The Hall–Kier alpha value is -0.920. The number of nitriles is 1. The molecular weight excluding hydrogens is 273 g/mol. The van der Waals surface area contributed by atoms with E-state index in [2.05, 4.69) is 15.9 Å². The van der Waals surface area contributed by atoms with Crippen molar-refractivity contribution in [2.45, 2.75) is 32.8 Å². The van der Waals surface area contributed by atoms with Crippen LogP contribution in [-0.4, -0.2) is 5.11 Å². The Labute approximate surface area is 103 Å². The molecule has 4 heteroatoms. The highest BCUT2D eigenvalue weighted by atomic mass is 79.9. The van der Waals surface area contributed by atoms with Crippen molar-refractivity contribution >= 4 is 15.9 Å². The van der Waals surface area contributed by atoms with Crippen LogP contribution in [0.3, 0.4) is 0 Å². The molecule has 0 aromatic heterocycles. The van der Waals surface area contributed by atoms with E-state index in [1.807, 2.05) is 26.8 Å². The Morgan fingerprint density at radius 2 is 2.06 bits per heavy atom. The summed E-state index contributed by atoms with van der Waals surface area (Å²) in [7, 11) is 0. The predicted octanol–water partition coefficient (Wildman–Crippen LogP) is 3.25. The van der Waals surface area contributed by atoms with Crippen molar-refractivity contribution in [3.63, 3.8) is 0 Å². The molecule has 0 saturated heterocycles. The van der Waals surface area contributed by atoms with E-state index in [1.54, 1.807) is 0 Å². The maximum absolute atomic E-state index is 13.7. The maximum Gasteiger partial charge on any atom is 0.130 e. The lowest BCUT2D eigenvalue weighted by Gasteiger charge is -2.22. The molecule has 1 aromatic carbocycles. The van der Waals surface area contributed by atoms with Crippen LogP contribution in [0.5, 0.6) is 0 Å². The summed E-state index contributed by atoms with van der Waals surface area (Å²) in [6.07, 6.45) is 0. The van der Waals surface area contributed by atoms with Crippen molar-refractivity contribution in [2.24, 2.45) is 0 Å². The van der Waals surface area contributed by atoms with Gasteiger partial charge < -0.3 is 5.11 Å². The first-order valence-electron chi connectivity index (χ1n) is 4.85. The summed E-state index contributed by atoms with van der Waals surface area (Å²) in [5.41, 5.74) is 0.835. The normalized spacial score (nSPS) is 11.3. The Balaban J connectivity index is 3.62. The molecule has 86 valence electrons. The Kier molecular flexibility index (Phi) is 3.72. The molecular formula is C12H13BrFNO. The van der Waals surface area contributed by atoms with E-state index < -0.39 is 12.4 Å². The van der Waals surface area contributed by atoms with Gasteiger partial charge in [0.25, 0.3) is 0 Å². The number of halogens is 2. The quantitative estimate of drug-likeness (QED) is 0.861. The highest BCUT2D eigenvalue weighted by molar-refractivity contribution is 9.10. The topological polar surface area (TPSA) is 44.0 Å². The number of aliphatic hydroxyl groups is 1. The van der Waals surface area contributed by atoms with E-state index in [1.165, 1.54) is 6.07 Å². The Morgan fingerprint density at radius 1 is 1.50 bits per heavy atom. The van der Waals surface area contributed by atoms with Gasteiger partial charge in [-0.3, -0.25) is 0 Å². The van der Waals surface area contributed by atoms with Crippen molar-refractivity contribution in [3.05, 3.63) is 33.0 Å². The molecule has 0 bridgehead atoms. The van der Waals surface area contributed by atoms with Crippen LogP contribution < -0.4 is 0 Å².